The van der Waals surface area contributed by atoms with E-state index in [-0.39, 0.29) is 0 Å². The fourth-order valence-electron chi connectivity index (χ4n) is 1.97. The average molecular weight is 243 g/mol. The molecule has 0 saturated carbocycles. The third kappa shape index (κ3) is 3.48. The number of aromatic nitrogens is 1. The Morgan fingerprint density at radius 2 is 1.89 bits per heavy atom. The lowest BCUT2D eigenvalue weighted by atomic mass is 10.1. The molecule has 0 bridgehead atoms. The summed E-state index contributed by atoms with van der Waals surface area (Å²) < 4.78 is 1.94. The van der Waals surface area contributed by atoms with Gasteiger partial charge in [-0.3, -0.25) is 0 Å². The van der Waals surface area contributed by atoms with Crippen LogP contribution in [0.1, 0.15) is 28.8 Å². The number of rotatable bonds is 6. The molecule has 2 aromatic rings. The molecule has 0 aliphatic carbocycles. The Morgan fingerprint density at radius 1 is 1.11 bits per heavy atom. The number of carboxylic acids is 1. The van der Waals surface area contributed by atoms with Gasteiger partial charge in [-0.1, -0.05) is 30.3 Å². The molecule has 3 nitrogen and oxygen atoms in total. The largest absolute Gasteiger partial charge is 0.478 e. The number of carbonyl (C=O) groups is 1. The minimum absolute atomic E-state index is 0.359. The molecule has 0 saturated heterocycles. The van der Waals surface area contributed by atoms with Gasteiger partial charge in [-0.25, -0.2) is 4.79 Å². The quantitative estimate of drug-likeness (QED) is 0.791. The van der Waals surface area contributed by atoms with Gasteiger partial charge in [-0.05, 0) is 30.9 Å². The maximum atomic E-state index is 10.7. The van der Waals surface area contributed by atoms with Gasteiger partial charge >= 0.3 is 5.97 Å². The van der Waals surface area contributed by atoms with Crippen LogP contribution in [0.3, 0.4) is 0 Å². The van der Waals surface area contributed by atoms with Crippen LogP contribution in [0.2, 0.25) is 0 Å². The summed E-state index contributed by atoms with van der Waals surface area (Å²) in [6.07, 6.45) is 6.76. The van der Waals surface area contributed by atoms with Gasteiger partial charge in [0.25, 0.3) is 0 Å². The van der Waals surface area contributed by atoms with Crippen LogP contribution >= 0.6 is 0 Å². The van der Waals surface area contributed by atoms with Gasteiger partial charge in [0.15, 0.2) is 0 Å². The van der Waals surface area contributed by atoms with E-state index in [0.29, 0.717) is 5.56 Å². The molecule has 0 atom stereocenters. The molecular weight excluding hydrogens is 226 g/mol. The van der Waals surface area contributed by atoms with Crippen molar-refractivity contribution in [3.8, 4) is 0 Å². The number of unbranched alkanes of at least 4 members (excludes halogenated alkanes) is 1. The van der Waals surface area contributed by atoms with Gasteiger partial charge in [-0.15, -0.1) is 0 Å². The molecule has 3 heteroatoms. The van der Waals surface area contributed by atoms with Crippen molar-refractivity contribution in [1.82, 2.24) is 4.57 Å². The predicted octanol–water partition coefficient (Wildman–Crippen LogP) is 3.21. The molecule has 0 spiro atoms. The zero-order chi connectivity index (χ0) is 12.8. The Hall–Kier alpha value is -2.03. The van der Waals surface area contributed by atoms with Crippen LogP contribution in [0, 0.1) is 0 Å². The highest BCUT2D eigenvalue weighted by Gasteiger charge is 2.03. The molecule has 18 heavy (non-hydrogen) atoms. The van der Waals surface area contributed by atoms with E-state index in [4.69, 9.17) is 5.11 Å². The lowest BCUT2D eigenvalue weighted by molar-refractivity contribution is 0.0697. The first-order valence-electron chi connectivity index (χ1n) is 6.19. The lowest BCUT2D eigenvalue weighted by Crippen LogP contribution is -1.97. The average Bonchev–Trinajstić information content (AvgIpc) is 2.85. The second-order valence-electron chi connectivity index (χ2n) is 4.39. The second kappa shape index (κ2) is 6.05. The van der Waals surface area contributed by atoms with Crippen molar-refractivity contribution in [2.24, 2.45) is 0 Å². The predicted molar refractivity (Wildman–Crippen MR) is 70.8 cm³/mol. The molecule has 0 radical (unpaired) electrons. The van der Waals surface area contributed by atoms with E-state index >= 15 is 0 Å². The van der Waals surface area contributed by atoms with E-state index in [1.54, 1.807) is 12.3 Å². The van der Waals surface area contributed by atoms with Crippen LogP contribution in [0.25, 0.3) is 0 Å². The van der Waals surface area contributed by atoms with Crippen molar-refractivity contribution in [1.29, 1.82) is 0 Å². The molecule has 2 rings (SSSR count). The van der Waals surface area contributed by atoms with E-state index in [2.05, 4.69) is 24.3 Å². The molecule has 0 amide bonds. The first kappa shape index (κ1) is 12.4. The number of hydrogen-bond acceptors (Lipinski definition) is 1. The summed E-state index contributed by atoms with van der Waals surface area (Å²) in [7, 11) is 0. The van der Waals surface area contributed by atoms with Crippen molar-refractivity contribution in [2.75, 3.05) is 0 Å². The minimum Gasteiger partial charge on any atom is -0.478 e. The topological polar surface area (TPSA) is 42.2 Å². The Morgan fingerprint density at radius 3 is 2.56 bits per heavy atom. The van der Waals surface area contributed by atoms with Crippen molar-refractivity contribution >= 4 is 5.97 Å². The lowest BCUT2D eigenvalue weighted by Gasteiger charge is -2.03. The summed E-state index contributed by atoms with van der Waals surface area (Å²) in [5.41, 5.74) is 1.72. The van der Waals surface area contributed by atoms with Crippen LogP contribution in [0.4, 0.5) is 0 Å². The maximum Gasteiger partial charge on any atom is 0.337 e. The minimum atomic E-state index is -0.863. The standard InChI is InChI=1S/C15H17NO2/c17-15(18)14-9-11-16(12-14)10-5-4-8-13-6-2-1-3-7-13/h1-3,6-7,9,11-12H,4-5,8,10H2,(H,17,18). The highest BCUT2D eigenvalue weighted by atomic mass is 16.4. The zero-order valence-corrected chi connectivity index (χ0v) is 10.2. The molecule has 1 heterocycles. The molecule has 0 unspecified atom stereocenters. The summed E-state index contributed by atoms with van der Waals surface area (Å²) in [4.78, 5) is 10.7. The van der Waals surface area contributed by atoms with Crippen molar-refractivity contribution in [3.05, 3.63) is 59.9 Å². The Kier molecular flexibility index (Phi) is 4.18. The maximum absolute atomic E-state index is 10.7. The SMILES string of the molecule is O=C(O)c1ccn(CCCCc2ccccc2)c1. The Labute approximate surface area is 107 Å². The molecule has 1 aromatic carbocycles. The van der Waals surface area contributed by atoms with Crippen LogP contribution in [-0.2, 0) is 13.0 Å². The monoisotopic (exact) mass is 243 g/mol. The Bertz CT molecular complexity index is 502. The Balaban J connectivity index is 1.73. The second-order valence-corrected chi connectivity index (χ2v) is 4.39. The van der Waals surface area contributed by atoms with Crippen LogP contribution in [-0.4, -0.2) is 15.6 Å². The molecule has 0 aliphatic rings. The smallest absolute Gasteiger partial charge is 0.337 e. The highest BCUT2D eigenvalue weighted by Crippen LogP contribution is 2.07. The normalized spacial score (nSPS) is 10.4. The number of nitrogens with zero attached hydrogens (tertiary/aromatic N) is 1. The first-order valence-corrected chi connectivity index (χ1v) is 6.19. The summed E-state index contributed by atoms with van der Waals surface area (Å²) in [6.45, 7) is 0.875. The fourth-order valence-corrected chi connectivity index (χ4v) is 1.97. The van der Waals surface area contributed by atoms with Crippen molar-refractivity contribution in [2.45, 2.75) is 25.8 Å². The van der Waals surface area contributed by atoms with E-state index in [1.807, 2.05) is 16.8 Å². The fraction of sp³-hybridized carbons (Fsp3) is 0.267. The van der Waals surface area contributed by atoms with Gasteiger partial charge in [0.05, 0.1) is 5.56 Å². The van der Waals surface area contributed by atoms with E-state index in [0.717, 1.165) is 25.8 Å². The summed E-state index contributed by atoms with van der Waals surface area (Å²) in [5.74, 6) is -0.863. The number of benzene rings is 1. The molecule has 1 N–H and O–H groups in total. The van der Waals surface area contributed by atoms with E-state index in [1.165, 1.54) is 5.56 Å². The van der Waals surface area contributed by atoms with Crippen molar-refractivity contribution < 1.29 is 9.90 Å². The summed E-state index contributed by atoms with van der Waals surface area (Å²) in [5, 5.41) is 8.81. The van der Waals surface area contributed by atoms with Crippen LogP contribution in [0.15, 0.2) is 48.8 Å². The summed E-state index contributed by atoms with van der Waals surface area (Å²) >= 11 is 0. The molecule has 1 aromatic heterocycles. The van der Waals surface area contributed by atoms with Gasteiger partial charge in [0.1, 0.15) is 0 Å². The van der Waals surface area contributed by atoms with E-state index in [9.17, 15) is 4.79 Å². The highest BCUT2D eigenvalue weighted by molar-refractivity contribution is 5.87. The van der Waals surface area contributed by atoms with Crippen molar-refractivity contribution in [3.63, 3.8) is 0 Å². The summed E-state index contributed by atoms with van der Waals surface area (Å²) in [6, 6.07) is 12.0. The molecular formula is C15H17NO2. The molecule has 0 aliphatic heterocycles. The number of aromatic carboxylic acids is 1. The van der Waals surface area contributed by atoms with Crippen LogP contribution in [0.5, 0.6) is 0 Å². The first-order chi connectivity index (χ1) is 8.75. The van der Waals surface area contributed by atoms with Gasteiger partial charge in [-0.2, -0.15) is 0 Å². The third-order valence-corrected chi connectivity index (χ3v) is 2.97. The molecule has 0 fully saturated rings. The van der Waals surface area contributed by atoms with Gasteiger partial charge in [0.2, 0.25) is 0 Å². The third-order valence-electron chi connectivity index (χ3n) is 2.97. The van der Waals surface area contributed by atoms with Crippen LogP contribution < -0.4 is 0 Å². The number of carboxylic acid groups (broad SMARTS) is 1. The van der Waals surface area contributed by atoms with Gasteiger partial charge < -0.3 is 9.67 Å². The van der Waals surface area contributed by atoms with Gasteiger partial charge in [0, 0.05) is 18.9 Å². The molecule has 94 valence electrons. The number of aryl methyl sites for hydroxylation is 2. The number of hydrogen-bond donors (Lipinski definition) is 1. The van der Waals surface area contributed by atoms with E-state index < -0.39 is 5.97 Å². The zero-order valence-electron chi connectivity index (χ0n) is 10.2.